The summed E-state index contributed by atoms with van der Waals surface area (Å²) in [7, 11) is 0. The van der Waals surface area contributed by atoms with Crippen LogP contribution in [0.2, 0.25) is 0 Å². The molecule has 102 valence electrons. The van der Waals surface area contributed by atoms with Gasteiger partial charge in [0, 0.05) is 11.4 Å². The normalized spacial score (nSPS) is 17.2. The lowest BCUT2D eigenvalue weighted by Crippen LogP contribution is -2.43. The minimum Gasteiger partial charge on any atom is -0.351 e. The number of rotatable bonds is 4. The zero-order chi connectivity index (χ0) is 12.3. The van der Waals surface area contributed by atoms with Gasteiger partial charge in [0.1, 0.15) is 0 Å². The molecule has 1 aromatic rings. The molecule has 1 aliphatic carbocycles. The first-order chi connectivity index (χ1) is 8.18. The van der Waals surface area contributed by atoms with Gasteiger partial charge in [-0.1, -0.05) is 12.8 Å². The summed E-state index contributed by atoms with van der Waals surface area (Å²) < 4.78 is 0. The van der Waals surface area contributed by atoms with E-state index in [1.54, 1.807) is 11.3 Å². The van der Waals surface area contributed by atoms with E-state index in [0.29, 0.717) is 13.1 Å². The second-order valence-corrected chi connectivity index (χ2v) is 5.90. The number of halogens is 1. The van der Waals surface area contributed by atoms with Crippen LogP contribution < -0.4 is 11.1 Å². The Bertz CT molecular complexity index is 399. The van der Waals surface area contributed by atoms with Crippen molar-refractivity contribution < 1.29 is 4.79 Å². The molecule has 0 atom stereocenters. The molecule has 2 rings (SSSR count). The van der Waals surface area contributed by atoms with Crippen molar-refractivity contribution in [2.45, 2.75) is 39.2 Å². The molecule has 0 spiro atoms. The number of nitrogens with two attached hydrogens (primary N) is 1. The van der Waals surface area contributed by atoms with Crippen molar-refractivity contribution in [1.29, 1.82) is 0 Å². The largest absolute Gasteiger partial charge is 0.351 e. The number of hydrogen-bond acceptors (Lipinski definition) is 3. The van der Waals surface area contributed by atoms with Crippen LogP contribution in [0.4, 0.5) is 0 Å². The van der Waals surface area contributed by atoms with Crippen molar-refractivity contribution in [3.8, 4) is 0 Å². The minimum absolute atomic E-state index is 0. The van der Waals surface area contributed by atoms with Crippen molar-refractivity contribution in [2.75, 3.05) is 6.54 Å². The average molecular weight is 289 g/mol. The topological polar surface area (TPSA) is 55.1 Å². The van der Waals surface area contributed by atoms with Crippen LogP contribution >= 0.6 is 23.7 Å². The van der Waals surface area contributed by atoms with E-state index in [1.807, 2.05) is 0 Å². The molecule has 0 unspecified atom stereocenters. The summed E-state index contributed by atoms with van der Waals surface area (Å²) in [6, 6.07) is 2.08. The zero-order valence-corrected chi connectivity index (χ0v) is 12.3. The molecule has 3 nitrogen and oxygen atoms in total. The number of thiophene rings is 1. The molecule has 18 heavy (non-hydrogen) atoms. The molecule has 0 radical (unpaired) electrons. The third-order valence-electron chi connectivity index (χ3n) is 3.81. The molecule has 1 aliphatic rings. The maximum atomic E-state index is 12.2. The molecule has 1 saturated carbocycles. The lowest BCUT2D eigenvalue weighted by atomic mass is 9.85. The highest BCUT2D eigenvalue weighted by molar-refractivity contribution is 7.10. The Hall–Kier alpha value is -0.580. The predicted molar refractivity (Wildman–Crippen MR) is 78.1 cm³/mol. The summed E-state index contributed by atoms with van der Waals surface area (Å²) in [5.41, 5.74) is 6.76. The predicted octanol–water partition coefficient (Wildman–Crippen LogP) is 2.61. The molecule has 1 heterocycles. The van der Waals surface area contributed by atoms with Crippen LogP contribution in [-0.4, -0.2) is 12.5 Å². The molecule has 1 fully saturated rings. The second kappa shape index (κ2) is 6.55. The van der Waals surface area contributed by atoms with Crippen molar-refractivity contribution in [3.63, 3.8) is 0 Å². The Morgan fingerprint density at radius 1 is 1.50 bits per heavy atom. The standard InChI is InChI=1S/C13H20N2OS.ClH/c1-10-4-7-17-11(10)8-15-12(16)13(9-14)5-2-3-6-13;/h4,7H,2-3,5-6,8-9,14H2,1H3,(H,15,16);1H. The van der Waals surface area contributed by atoms with E-state index in [4.69, 9.17) is 5.73 Å². The van der Waals surface area contributed by atoms with E-state index in [9.17, 15) is 4.79 Å². The zero-order valence-electron chi connectivity index (χ0n) is 10.7. The van der Waals surface area contributed by atoms with Crippen molar-refractivity contribution in [1.82, 2.24) is 5.32 Å². The Morgan fingerprint density at radius 3 is 2.67 bits per heavy atom. The highest BCUT2D eigenvalue weighted by atomic mass is 35.5. The van der Waals surface area contributed by atoms with E-state index in [1.165, 1.54) is 10.4 Å². The average Bonchev–Trinajstić information content (AvgIpc) is 2.95. The highest BCUT2D eigenvalue weighted by Crippen LogP contribution is 2.37. The molecule has 3 N–H and O–H groups in total. The third-order valence-corrected chi connectivity index (χ3v) is 4.83. The summed E-state index contributed by atoms with van der Waals surface area (Å²) in [4.78, 5) is 13.5. The third kappa shape index (κ3) is 3.05. The molecule has 1 aromatic heterocycles. The maximum Gasteiger partial charge on any atom is 0.227 e. The van der Waals surface area contributed by atoms with E-state index >= 15 is 0 Å². The molecule has 0 aromatic carbocycles. The van der Waals surface area contributed by atoms with Gasteiger partial charge in [-0.3, -0.25) is 4.79 Å². The summed E-state index contributed by atoms with van der Waals surface area (Å²) in [5.74, 6) is 0.144. The van der Waals surface area contributed by atoms with E-state index in [2.05, 4.69) is 23.7 Å². The Morgan fingerprint density at radius 2 is 2.17 bits per heavy atom. The van der Waals surface area contributed by atoms with Crippen LogP contribution in [-0.2, 0) is 11.3 Å². The van der Waals surface area contributed by atoms with Crippen LogP contribution in [0, 0.1) is 12.3 Å². The molecule has 0 aliphatic heterocycles. The van der Waals surface area contributed by atoms with E-state index < -0.39 is 0 Å². The van der Waals surface area contributed by atoms with Gasteiger partial charge >= 0.3 is 0 Å². The van der Waals surface area contributed by atoms with E-state index in [-0.39, 0.29) is 23.7 Å². The maximum absolute atomic E-state index is 12.2. The Balaban J connectivity index is 0.00000162. The van der Waals surface area contributed by atoms with Crippen molar-refractivity contribution in [3.05, 3.63) is 21.9 Å². The number of aryl methyl sites for hydroxylation is 1. The van der Waals surface area contributed by atoms with Gasteiger partial charge in [0.2, 0.25) is 5.91 Å². The number of nitrogens with one attached hydrogen (secondary N) is 1. The van der Waals surface area contributed by atoms with Gasteiger partial charge in [0.15, 0.2) is 0 Å². The molecule has 5 heteroatoms. The van der Waals surface area contributed by atoms with Gasteiger partial charge < -0.3 is 11.1 Å². The number of hydrogen-bond donors (Lipinski definition) is 2. The first-order valence-corrected chi connectivity index (χ1v) is 7.07. The lowest BCUT2D eigenvalue weighted by Gasteiger charge is -2.25. The summed E-state index contributed by atoms with van der Waals surface area (Å²) in [6.45, 7) is 3.19. The minimum atomic E-state index is -0.287. The molecular formula is C13H21ClN2OS. The first-order valence-electron chi connectivity index (χ1n) is 6.19. The van der Waals surface area contributed by atoms with Crippen LogP contribution in [0.3, 0.4) is 0 Å². The highest BCUT2D eigenvalue weighted by Gasteiger charge is 2.39. The fourth-order valence-corrected chi connectivity index (χ4v) is 3.35. The van der Waals surface area contributed by atoms with Gasteiger partial charge in [-0.2, -0.15) is 0 Å². The quantitative estimate of drug-likeness (QED) is 0.895. The molecular weight excluding hydrogens is 268 g/mol. The van der Waals surface area contributed by atoms with Gasteiger partial charge in [-0.15, -0.1) is 23.7 Å². The van der Waals surface area contributed by atoms with Crippen molar-refractivity contribution in [2.24, 2.45) is 11.1 Å². The Labute approximate surface area is 119 Å². The number of amides is 1. The van der Waals surface area contributed by atoms with Gasteiger partial charge in [-0.05, 0) is 36.8 Å². The summed E-state index contributed by atoms with van der Waals surface area (Å²) >= 11 is 1.69. The van der Waals surface area contributed by atoms with Gasteiger partial charge in [0.25, 0.3) is 0 Å². The first kappa shape index (κ1) is 15.5. The van der Waals surface area contributed by atoms with Gasteiger partial charge in [0.05, 0.1) is 12.0 Å². The van der Waals surface area contributed by atoms with Crippen LogP contribution in [0.1, 0.15) is 36.1 Å². The summed E-state index contributed by atoms with van der Waals surface area (Å²) in [6.07, 6.45) is 4.14. The molecule has 0 bridgehead atoms. The van der Waals surface area contributed by atoms with Crippen LogP contribution in [0.5, 0.6) is 0 Å². The molecule has 1 amide bonds. The molecule has 0 saturated heterocycles. The van der Waals surface area contributed by atoms with E-state index in [0.717, 1.165) is 25.7 Å². The van der Waals surface area contributed by atoms with Crippen LogP contribution in [0.15, 0.2) is 11.4 Å². The summed E-state index contributed by atoms with van der Waals surface area (Å²) in [5, 5.41) is 5.11. The van der Waals surface area contributed by atoms with Gasteiger partial charge in [-0.25, -0.2) is 0 Å². The Kier molecular flexibility index (Phi) is 5.63. The fraction of sp³-hybridized carbons (Fsp3) is 0.615. The SMILES string of the molecule is Cc1ccsc1CNC(=O)C1(CN)CCCC1.Cl. The monoisotopic (exact) mass is 288 g/mol. The number of carbonyl (C=O) groups excluding carboxylic acids is 1. The number of carbonyl (C=O) groups is 1. The lowest BCUT2D eigenvalue weighted by molar-refractivity contribution is -0.130. The fourth-order valence-electron chi connectivity index (χ4n) is 2.51. The second-order valence-electron chi connectivity index (χ2n) is 4.90. The smallest absolute Gasteiger partial charge is 0.227 e. The van der Waals surface area contributed by atoms with Crippen molar-refractivity contribution >= 4 is 29.7 Å². The van der Waals surface area contributed by atoms with Crippen LogP contribution in [0.25, 0.3) is 0 Å².